The van der Waals surface area contributed by atoms with E-state index in [1.807, 2.05) is 6.07 Å². The van der Waals surface area contributed by atoms with Crippen molar-refractivity contribution in [2.24, 2.45) is 11.0 Å². The van der Waals surface area contributed by atoms with E-state index in [0.29, 0.717) is 5.69 Å². The summed E-state index contributed by atoms with van der Waals surface area (Å²) in [7, 11) is 1.59. The van der Waals surface area contributed by atoms with Crippen LogP contribution < -0.4 is 10.2 Å². The standard InChI is InChI=1S/C13H13N3O2/c1-18-11-6-4-10(5-7-11)15-16-12(8-14)13(17)9-2-3-9/h4-7,9,15H,2-3H2,1H3. The van der Waals surface area contributed by atoms with Crippen molar-refractivity contribution in [3.63, 3.8) is 0 Å². The Morgan fingerprint density at radius 2 is 2.11 bits per heavy atom. The second-order valence-electron chi connectivity index (χ2n) is 4.05. The average Bonchev–Trinajstić information content (AvgIpc) is 3.24. The second kappa shape index (κ2) is 5.32. The molecule has 1 fully saturated rings. The van der Waals surface area contributed by atoms with Gasteiger partial charge in [-0.05, 0) is 37.1 Å². The number of Topliss-reactive ketones (excluding diaryl/α,β-unsaturated/α-hetero) is 1. The lowest BCUT2D eigenvalue weighted by atomic mass is 10.2. The number of methoxy groups -OCH3 is 1. The van der Waals surface area contributed by atoms with Crippen LogP contribution in [0.1, 0.15) is 12.8 Å². The van der Waals surface area contributed by atoms with E-state index in [4.69, 9.17) is 10.00 Å². The van der Waals surface area contributed by atoms with Gasteiger partial charge in [0.05, 0.1) is 12.8 Å². The van der Waals surface area contributed by atoms with Gasteiger partial charge in [-0.2, -0.15) is 10.4 Å². The van der Waals surface area contributed by atoms with Gasteiger partial charge in [-0.1, -0.05) is 0 Å². The van der Waals surface area contributed by atoms with Gasteiger partial charge >= 0.3 is 0 Å². The van der Waals surface area contributed by atoms with Gasteiger partial charge in [0, 0.05) is 5.92 Å². The first-order valence-corrected chi connectivity index (χ1v) is 5.66. The summed E-state index contributed by atoms with van der Waals surface area (Å²) in [6.45, 7) is 0. The molecule has 1 aromatic rings. The largest absolute Gasteiger partial charge is 0.497 e. The number of carbonyl (C=O) groups is 1. The van der Waals surface area contributed by atoms with Crippen molar-refractivity contribution in [1.82, 2.24) is 0 Å². The zero-order valence-electron chi connectivity index (χ0n) is 10.0. The fourth-order valence-electron chi connectivity index (χ4n) is 1.46. The summed E-state index contributed by atoms with van der Waals surface area (Å²) in [4.78, 5) is 11.6. The van der Waals surface area contributed by atoms with Crippen molar-refractivity contribution >= 4 is 17.2 Å². The van der Waals surface area contributed by atoms with Gasteiger partial charge in [-0.15, -0.1) is 0 Å². The Bertz CT molecular complexity index is 510. The molecule has 1 N–H and O–H groups in total. The minimum absolute atomic E-state index is 0.000988. The quantitative estimate of drug-likeness (QED) is 0.633. The molecule has 1 aromatic carbocycles. The van der Waals surface area contributed by atoms with E-state index < -0.39 is 0 Å². The van der Waals surface area contributed by atoms with Crippen LogP contribution in [-0.4, -0.2) is 18.6 Å². The number of hydrogen-bond donors (Lipinski definition) is 1. The molecule has 0 heterocycles. The molecule has 0 spiro atoms. The lowest BCUT2D eigenvalue weighted by molar-refractivity contribution is -0.113. The Kier molecular flexibility index (Phi) is 3.58. The maximum absolute atomic E-state index is 11.6. The van der Waals surface area contributed by atoms with Crippen molar-refractivity contribution in [3.05, 3.63) is 24.3 Å². The minimum Gasteiger partial charge on any atom is -0.497 e. The molecule has 1 aliphatic carbocycles. The van der Waals surface area contributed by atoms with Crippen molar-refractivity contribution in [1.29, 1.82) is 5.26 Å². The number of benzene rings is 1. The highest BCUT2D eigenvalue weighted by molar-refractivity contribution is 6.47. The van der Waals surface area contributed by atoms with E-state index in [1.165, 1.54) is 0 Å². The molecule has 0 amide bonds. The third kappa shape index (κ3) is 2.86. The van der Waals surface area contributed by atoms with Gasteiger partial charge in [0.1, 0.15) is 11.8 Å². The van der Waals surface area contributed by atoms with Crippen LogP contribution in [0.2, 0.25) is 0 Å². The first-order chi connectivity index (χ1) is 8.74. The van der Waals surface area contributed by atoms with E-state index in [0.717, 1.165) is 18.6 Å². The first-order valence-electron chi connectivity index (χ1n) is 5.66. The number of ether oxygens (including phenoxy) is 1. The van der Waals surface area contributed by atoms with Gasteiger partial charge in [-0.3, -0.25) is 10.2 Å². The number of nitriles is 1. The second-order valence-corrected chi connectivity index (χ2v) is 4.05. The summed E-state index contributed by atoms with van der Waals surface area (Å²) in [5.74, 6) is 0.568. The molecular formula is C13H13N3O2. The van der Waals surface area contributed by atoms with E-state index >= 15 is 0 Å². The summed E-state index contributed by atoms with van der Waals surface area (Å²) in [5, 5.41) is 12.7. The van der Waals surface area contributed by atoms with E-state index in [9.17, 15) is 4.79 Å². The van der Waals surface area contributed by atoms with Crippen LogP contribution in [0.15, 0.2) is 29.4 Å². The van der Waals surface area contributed by atoms with E-state index in [-0.39, 0.29) is 17.4 Å². The Morgan fingerprint density at radius 1 is 1.44 bits per heavy atom. The third-order valence-electron chi connectivity index (χ3n) is 2.67. The van der Waals surface area contributed by atoms with Crippen LogP contribution in [-0.2, 0) is 4.79 Å². The predicted octanol–water partition coefficient (Wildman–Crippen LogP) is 1.97. The van der Waals surface area contributed by atoms with E-state index in [1.54, 1.807) is 31.4 Å². The molecule has 18 heavy (non-hydrogen) atoms. The van der Waals surface area contributed by atoms with Crippen molar-refractivity contribution in [2.75, 3.05) is 12.5 Å². The number of anilines is 1. The van der Waals surface area contributed by atoms with Crippen molar-refractivity contribution in [2.45, 2.75) is 12.8 Å². The Labute approximate surface area is 105 Å². The highest BCUT2D eigenvalue weighted by Crippen LogP contribution is 2.30. The molecule has 1 saturated carbocycles. The lowest BCUT2D eigenvalue weighted by Crippen LogP contribution is -2.15. The Hall–Kier alpha value is -2.35. The van der Waals surface area contributed by atoms with Gasteiger partial charge in [0.15, 0.2) is 5.78 Å². The molecule has 0 bridgehead atoms. The van der Waals surface area contributed by atoms with Gasteiger partial charge < -0.3 is 4.74 Å². The Morgan fingerprint density at radius 3 is 2.61 bits per heavy atom. The highest BCUT2D eigenvalue weighted by Gasteiger charge is 2.32. The van der Waals surface area contributed by atoms with Crippen LogP contribution in [0, 0.1) is 17.2 Å². The number of nitrogens with one attached hydrogen (secondary N) is 1. The maximum atomic E-state index is 11.6. The van der Waals surface area contributed by atoms with Gasteiger partial charge in [-0.25, -0.2) is 0 Å². The molecular weight excluding hydrogens is 230 g/mol. The molecule has 0 radical (unpaired) electrons. The molecule has 0 saturated heterocycles. The fraction of sp³-hybridized carbons (Fsp3) is 0.308. The van der Waals surface area contributed by atoms with Crippen LogP contribution in [0.25, 0.3) is 0 Å². The summed E-state index contributed by atoms with van der Waals surface area (Å²) < 4.78 is 5.02. The molecule has 0 unspecified atom stereocenters. The lowest BCUT2D eigenvalue weighted by Gasteiger charge is -2.03. The maximum Gasteiger partial charge on any atom is 0.203 e. The third-order valence-corrected chi connectivity index (χ3v) is 2.67. The summed E-state index contributed by atoms with van der Waals surface area (Å²) >= 11 is 0. The molecule has 5 heteroatoms. The molecule has 5 nitrogen and oxygen atoms in total. The van der Waals surface area contributed by atoms with Gasteiger partial charge in [0.25, 0.3) is 0 Å². The number of ketones is 1. The molecule has 0 aliphatic heterocycles. The normalized spacial score (nSPS) is 14.8. The van der Waals surface area contributed by atoms with Crippen LogP contribution in [0.4, 0.5) is 5.69 Å². The Balaban J connectivity index is 2.03. The summed E-state index contributed by atoms with van der Waals surface area (Å²) in [5.41, 5.74) is 3.34. The van der Waals surface area contributed by atoms with Crippen LogP contribution in [0.3, 0.4) is 0 Å². The number of hydrogen-bond acceptors (Lipinski definition) is 5. The highest BCUT2D eigenvalue weighted by atomic mass is 16.5. The summed E-state index contributed by atoms with van der Waals surface area (Å²) in [6.07, 6.45) is 1.73. The first kappa shape index (κ1) is 12.1. The van der Waals surface area contributed by atoms with E-state index in [2.05, 4.69) is 10.5 Å². The smallest absolute Gasteiger partial charge is 0.203 e. The topological polar surface area (TPSA) is 74.5 Å². The molecule has 92 valence electrons. The van der Waals surface area contributed by atoms with Gasteiger partial charge in [0.2, 0.25) is 5.71 Å². The molecule has 0 atom stereocenters. The zero-order valence-corrected chi connectivity index (χ0v) is 10.0. The molecule has 2 rings (SSSR count). The van der Waals surface area contributed by atoms with Crippen LogP contribution >= 0.6 is 0 Å². The van der Waals surface area contributed by atoms with Crippen molar-refractivity contribution < 1.29 is 9.53 Å². The predicted molar refractivity (Wildman–Crippen MR) is 67.4 cm³/mol. The average molecular weight is 243 g/mol. The molecule has 0 aromatic heterocycles. The number of carbonyl (C=O) groups excluding carboxylic acids is 1. The zero-order chi connectivity index (χ0) is 13.0. The SMILES string of the molecule is COc1ccc(NN=C(C#N)C(=O)C2CC2)cc1. The summed E-state index contributed by atoms with van der Waals surface area (Å²) in [6, 6.07) is 8.90. The number of nitrogens with zero attached hydrogens (tertiary/aromatic N) is 2. The fourth-order valence-corrected chi connectivity index (χ4v) is 1.46. The number of hydrazone groups is 1. The van der Waals surface area contributed by atoms with Crippen LogP contribution in [0.5, 0.6) is 5.75 Å². The minimum atomic E-state index is -0.168. The number of rotatable bonds is 5. The van der Waals surface area contributed by atoms with Crippen molar-refractivity contribution in [3.8, 4) is 11.8 Å². The molecule has 1 aliphatic rings. The monoisotopic (exact) mass is 243 g/mol.